The molecule has 1 aliphatic heterocycles. The summed E-state index contributed by atoms with van der Waals surface area (Å²) in [5, 5.41) is 0. The van der Waals surface area contributed by atoms with Gasteiger partial charge in [0.1, 0.15) is 12.4 Å². The molecule has 0 radical (unpaired) electrons. The predicted octanol–water partition coefficient (Wildman–Crippen LogP) is 2.99. The smallest absolute Gasteiger partial charge is 0.119 e. The molecule has 26 heavy (non-hydrogen) atoms. The highest BCUT2D eigenvalue weighted by Gasteiger charge is 2.13. The van der Waals surface area contributed by atoms with Crippen LogP contribution in [-0.2, 0) is 11.3 Å². The van der Waals surface area contributed by atoms with Crippen molar-refractivity contribution in [2.75, 3.05) is 46.5 Å². The molecule has 0 N–H and O–H groups in total. The summed E-state index contributed by atoms with van der Waals surface area (Å²) in [5.74, 6) is 0.943. The highest BCUT2D eigenvalue weighted by molar-refractivity contribution is 5.28. The maximum atomic E-state index is 5.97. The van der Waals surface area contributed by atoms with E-state index in [1.165, 1.54) is 11.1 Å². The van der Waals surface area contributed by atoms with Gasteiger partial charge >= 0.3 is 0 Å². The van der Waals surface area contributed by atoms with Crippen LogP contribution in [0.25, 0.3) is 0 Å². The summed E-state index contributed by atoms with van der Waals surface area (Å²) in [6.07, 6.45) is 3.75. The molecule has 0 amide bonds. The first kappa shape index (κ1) is 18.8. The molecule has 1 aromatic carbocycles. The second-order valence-corrected chi connectivity index (χ2v) is 6.83. The first-order valence-electron chi connectivity index (χ1n) is 9.34. The number of hydrogen-bond acceptors (Lipinski definition) is 5. The van der Waals surface area contributed by atoms with Gasteiger partial charge in [-0.15, -0.1) is 0 Å². The van der Waals surface area contributed by atoms with E-state index in [0.717, 1.165) is 45.1 Å². The standard InChI is InChI=1S/C21H29N3O2/c1-18(20-6-4-8-22-16-20)23(2)17-19-5-3-7-21(15-19)26-14-11-24-9-12-25-13-10-24/h3-8,15-16,18H,9-14,17H2,1-2H3/t18-/m1/s1. The van der Waals surface area contributed by atoms with Gasteiger partial charge in [-0.2, -0.15) is 0 Å². The van der Waals surface area contributed by atoms with Crippen LogP contribution >= 0.6 is 0 Å². The van der Waals surface area contributed by atoms with Gasteiger partial charge in [0.05, 0.1) is 13.2 Å². The minimum atomic E-state index is 0.314. The van der Waals surface area contributed by atoms with Crippen molar-refractivity contribution in [1.29, 1.82) is 0 Å². The molecule has 5 heteroatoms. The topological polar surface area (TPSA) is 37.8 Å². The summed E-state index contributed by atoms with van der Waals surface area (Å²) in [5.41, 5.74) is 2.49. The first-order chi connectivity index (χ1) is 12.7. The number of rotatable bonds is 8. The van der Waals surface area contributed by atoms with Crippen LogP contribution in [0, 0.1) is 0 Å². The zero-order valence-corrected chi connectivity index (χ0v) is 15.8. The van der Waals surface area contributed by atoms with Crippen molar-refractivity contribution in [3.05, 3.63) is 59.9 Å². The van der Waals surface area contributed by atoms with Gasteiger partial charge in [0.15, 0.2) is 0 Å². The van der Waals surface area contributed by atoms with Gasteiger partial charge in [0.2, 0.25) is 0 Å². The molecule has 140 valence electrons. The lowest BCUT2D eigenvalue weighted by molar-refractivity contribution is 0.0322. The van der Waals surface area contributed by atoms with Crippen molar-refractivity contribution in [3.8, 4) is 5.75 Å². The molecule has 1 aromatic heterocycles. The van der Waals surface area contributed by atoms with Crippen LogP contribution in [0.15, 0.2) is 48.8 Å². The molecule has 2 aromatic rings. The highest BCUT2D eigenvalue weighted by Crippen LogP contribution is 2.21. The van der Waals surface area contributed by atoms with Crippen molar-refractivity contribution < 1.29 is 9.47 Å². The molecule has 0 aliphatic carbocycles. The van der Waals surface area contributed by atoms with E-state index in [1.807, 2.05) is 24.5 Å². The number of nitrogens with zero attached hydrogens (tertiary/aromatic N) is 3. The third-order valence-corrected chi connectivity index (χ3v) is 4.94. The Morgan fingerprint density at radius 2 is 2.08 bits per heavy atom. The zero-order valence-electron chi connectivity index (χ0n) is 15.8. The van der Waals surface area contributed by atoms with Crippen LogP contribution in [0.5, 0.6) is 5.75 Å². The van der Waals surface area contributed by atoms with E-state index in [-0.39, 0.29) is 0 Å². The second kappa shape index (κ2) is 9.67. The fraction of sp³-hybridized carbons (Fsp3) is 0.476. The van der Waals surface area contributed by atoms with E-state index in [1.54, 1.807) is 0 Å². The molecule has 0 saturated carbocycles. The van der Waals surface area contributed by atoms with Crippen LogP contribution < -0.4 is 4.74 Å². The molecule has 3 rings (SSSR count). The van der Waals surface area contributed by atoms with Gasteiger partial charge in [-0.1, -0.05) is 18.2 Å². The van der Waals surface area contributed by atoms with Crippen molar-refractivity contribution >= 4 is 0 Å². The van der Waals surface area contributed by atoms with E-state index < -0.39 is 0 Å². The number of aromatic nitrogens is 1. The van der Waals surface area contributed by atoms with Crippen LogP contribution in [0.3, 0.4) is 0 Å². The molecule has 1 saturated heterocycles. The normalized spacial score (nSPS) is 16.6. The van der Waals surface area contributed by atoms with Gasteiger partial charge in [-0.05, 0) is 43.3 Å². The van der Waals surface area contributed by atoms with Gasteiger partial charge in [-0.3, -0.25) is 14.8 Å². The highest BCUT2D eigenvalue weighted by atomic mass is 16.5. The molecule has 0 unspecified atom stereocenters. The average molecular weight is 355 g/mol. The summed E-state index contributed by atoms with van der Waals surface area (Å²) in [7, 11) is 2.14. The molecular formula is C21H29N3O2. The fourth-order valence-corrected chi connectivity index (χ4v) is 3.15. The van der Waals surface area contributed by atoms with Crippen molar-refractivity contribution in [2.24, 2.45) is 0 Å². The summed E-state index contributed by atoms with van der Waals surface area (Å²) in [6.45, 7) is 8.40. The van der Waals surface area contributed by atoms with E-state index >= 15 is 0 Å². The Morgan fingerprint density at radius 3 is 2.85 bits per heavy atom. The maximum absolute atomic E-state index is 5.97. The van der Waals surface area contributed by atoms with Crippen LogP contribution in [0.4, 0.5) is 0 Å². The zero-order chi connectivity index (χ0) is 18.2. The van der Waals surface area contributed by atoms with Gasteiger partial charge < -0.3 is 9.47 Å². The summed E-state index contributed by atoms with van der Waals surface area (Å²) in [6, 6.07) is 12.8. The molecule has 2 heterocycles. The minimum Gasteiger partial charge on any atom is -0.492 e. The Bertz CT molecular complexity index is 659. The molecule has 0 bridgehead atoms. The Kier molecular flexibility index (Phi) is 7.00. The van der Waals surface area contributed by atoms with E-state index in [4.69, 9.17) is 9.47 Å². The monoisotopic (exact) mass is 355 g/mol. The van der Waals surface area contributed by atoms with Gasteiger partial charge in [-0.25, -0.2) is 0 Å². The van der Waals surface area contributed by atoms with Gasteiger partial charge in [0, 0.05) is 44.6 Å². The maximum Gasteiger partial charge on any atom is 0.119 e. The van der Waals surface area contributed by atoms with Gasteiger partial charge in [0.25, 0.3) is 0 Å². The quantitative estimate of drug-likeness (QED) is 0.728. The molecule has 0 spiro atoms. The Labute approximate surface area is 156 Å². The lowest BCUT2D eigenvalue weighted by Gasteiger charge is -2.26. The third kappa shape index (κ3) is 5.53. The fourth-order valence-electron chi connectivity index (χ4n) is 3.15. The van der Waals surface area contributed by atoms with Crippen LogP contribution in [-0.4, -0.2) is 61.3 Å². The van der Waals surface area contributed by atoms with E-state index in [0.29, 0.717) is 12.6 Å². The third-order valence-electron chi connectivity index (χ3n) is 4.94. The SMILES string of the molecule is C[C@H](c1cccnc1)N(C)Cc1cccc(OCCN2CCOCC2)c1. The Balaban J connectivity index is 1.50. The largest absolute Gasteiger partial charge is 0.492 e. The second-order valence-electron chi connectivity index (χ2n) is 6.83. The molecular weight excluding hydrogens is 326 g/mol. The van der Waals surface area contributed by atoms with E-state index in [2.05, 4.69) is 53.0 Å². The van der Waals surface area contributed by atoms with Crippen molar-refractivity contribution in [3.63, 3.8) is 0 Å². The van der Waals surface area contributed by atoms with Crippen LogP contribution in [0.2, 0.25) is 0 Å². The van der Waals surface area contributed by atoms with Crippen molar-refractivity contribution in [2.45, 2.75) is 19.5 Å². The number of ether oxygens (including phenoxy) is 2. The first-order valence-corrected chi connectivity index (χ1v) is 9.34. The Morgan fingerprint density at radius 1 is 1.23 bits per heavy atom. The molecule has 5 nitrogen and oxygen atoms in total. The summed E-state index contributed by atoms with van der Waals surface area (Å²) in [4.78, 5) is 8.93. The number of pyridine rings is 1. The molecule has 1 aliphatic rings. The van der Waals surface area contributed by atoms with Crippen LogP contribution in [0.1, 0.15) is 24.1 Å². The number of hydrogen-bond donors (Lipinski definition) is 0. The number of morpholine rings is 1. The predicted molar refractivity (Wildman–Crippen MR) is 103 cm³/mol. The lowest BCUT2D eigenvalue weighted by atomic mass is 10.1. The lowest BCUT2D eigenvalue weighted by Crippen LogP contribution is -2.38. The van der Waals surface area contributed by atoms with Crippen molar-refractivity contribution in [1.82, 2.24) is 14.8 Å². The summed E-state index contributed by atoms with van der Waals surface area (Å²) < 4.78 is 11.3. The average Bonchev–Trinajstić information content (AvgIpc) is 2.69. The minimum absolute atomic E-state index is 0.314. The Hall–Kier alpha value is -1.95. The molecule has 1 fully saturated rings. The van der Waals surface area contributed by atoms with E-state index in [9.17, 15) is 0 Å². The summed E-state index contributed by atoms with van der Waals surface area (Å²) >= 11 is 0. The molecule has 1 atom stereocenters. The number of benzene rings is 1.